The molecule has 1 heterocycles. The van der Waals surface area contributed by atoms with Gasteiger partial charge in [-0.15, -0.1) is 0 Å². The van der Waals surface area contributed by atoms with E-state index in [9.17, 15) is 9.59 Å². The number of rotatable bonds is 8. The van der Waals surface area contributed by atoms with Crippen LogP contribution in [0.15, 0.2) is 24.3 Å². The molecule has 1 amide bonds. The summed E-state index contributed by atoms with van der Waals surface area (Å²) < 4.78 is 6.11. The Morgan fingerprint density at radius 1 is 1.28 bits per heavy atom. The number of likely N-dealkylation sites (tertiary alicyclic amines) is 1. The minimum Gasteiger partial charge on any atom is -0.466 e. The molecule has 0 spiro atoms. The van der Waals surface area contributed by atoms with Crippen LogP contribution in [-0.4, -0.2) is 60.5 Å². The molecule has 6 heteroatoms. The maximum absolute atomic E-state index is 13.0. The molecule has 0 N–H and O–H groups in total. The maximum atomic E-state index is 13.0. The van der Waals surface area contributed by atoms with Crippen LogP contribution in [0.1, 0.15) is 43.5 Å². The molecule has 1 aromatic carbocycles. The van der Waals surface area contributed by atoms with Crippen molar-refractivity contribution in [1.29, 1.82) is 0 Å². The molecular weight excluding hydrogens is 431 g/mol. The van der Waals surface area contributed by atoms with Crippen molar-refractivity contribution in [3.63, 3.8) is 0 Å². The van der Waals surface area contributed by atoms with Gasteiger partial charge in [0.15, 0.2) is 0 Å². The molecule has 5 nitrogen and oxygen atoms in total. The van der Waals surface area contributed by atoms with Gasteiger partial charge in [-0.05, 0) is 79.7 Å². The molecule has 138 valence electrons. The van der Waals surface area contributed by atoms with Crippen LogP contribution in [0.4, 0.5) is 0 Å². The zero-order chi connectivity index (χ0) is 18.2. The lowest BCUT2D eigenvalue weighted by Crippen LogP contribution is -2.44. The Morgan fingerprint density at radius 2 is 2.00 bits per heavy atom. The summed E-state index contributed by atoms with van der Waals surface area (Å²) in [5.74, 6) is -0.259. The molecular formula is C19H27IN2O3. The summed E-state index contributed by atoms with van der Waals surface area (Å²) in [5.41, 5.74) is 0.672. The van der Waals surface area contributed by atoms with Crippen LogP contribution in [0.5, 0.6) is 0 Å². The highest BCUT2D eigenvalue weighted by Crippen LogP contribution is 2.19. The van der Waals surface area contributed by atoms with E-state index in [-0.39, 0.29) is 18.3 Å². The predicted octanol–water partition coefficient (Wildman–Crippen LogP) is 3.17. The average molecular weight is 458 g/mol. The molecule has 0 aromatic heterocycles. The molecule has 1 aliphatic heterocycles. The van der Waals surface area contributed by atoms with Crippen LogP contribution in [0.3, 0.4) is 0 Å². The monoisotopic (exact) mass is 458 g/mol. The van der Waals surface area contributed by atoms with Crippen molar-refractivity contribution >= 4 is 34.5 Å². The van der Waals surface area contributed by atoms with Crippen LogP contribution >= 0.6 is 22.6 Å². The summed E-state index contributed by atoms with van der Waals surface area (Å²) in [5, 5.41) is 0. The summed E-state index contributed by atoms with van der Waals surface area (Å²) in [6, 6.07) is 7.96. The fraction of sp³-hybridized carbons (Fsp3) is 0.579. The van der Waals surface area contributed by atoms with Crippen molar-refractivity contribution in [3.8, 4) is 0 Å². The zero-order valence-corrected chi connectivity index (χ0v) is 17.2. The Morgan fingerprint density at radius 3 is 2.64 bits per heavy atom. The fourth-order valence-corrected chi connectivity index (χ4v) is 3.64. The number of carbonyl (C=O) groups is 2. The highest BCUT2D eigenvalue weighted by molar-refractivity contribution is 14.1. The summed E-state index contributed by atoms with van der Waals surface area (Å²) in [6.45, 7) is 7.47. The lowest BCUT2D eigenvalue weighted by Gasteiger charge is -2.30. The summed E-state index contributed by atoms with van der Waals surface area (Å²) in [4.78, 5) is 28.9. The highest BCUT2D eigenvalue weighted by atomic mass is 127. The van der Waals surface area contributed by atoms with Crippen molar-refractivity contribution in [3.05, 3.63) is 33.4 Å². The van der Waals surface area contributed by atoms with Crippen molar-refractivity contribution < 1.29 is 14.3 Å². The SMILES string of the molecule is CCOC(=O)CCN(CC1CCCN1CC)C(=O)c1ccc(I)cc1. The number of benzene rings is 1. The van der Waals surface area contributed by atoms with E-state index in [1.807, 2.05) is 29.2 Å². The van der Waals surface area contributed by atoms with E-state index in [4.69, 9.17) is 4.74 Å². The third kappa shape index (κ3) is 5.95. The van der Waals surface area contributed by atoms with Gasteiger partial charge in [0.05, 0.1) is 13.0 Å². The molecule has 1 aromatic rings. The van der Waals surface area contributed by atoms with Crippen molar-refractivity contribution in [1.82, 2.24) is 9.80 Å². The molecule has 1 aliphatic rings. The number of nitrogens with zero attached hydrogens (tertiary/aromatic N) is 2. The second kappa shape index (κ2) is 10.1. The van der Waals surface area contributed by atoms with Gasteiger partial charge in [0.25, 0.3) is 5.91 Å². The molecule has 1 atom stereocenters. The topological polar surface area (TPSA) is 49.9 Å². The van der Waals surface area contributed by atoms with Gasteiger partial charge in [-0.25, -0.2) is 0 Å². The van der Waals surface area contributed by atoms with E-state index in [0.717, 1.165) is 23.1 Å². The van der Waals surface area contributed by atoms with E-state index >= 15 is 0 Å². The number of amides is 1. The van der Waals surface area contributed by atoms with E-state index in [2.05, 4.69) is 34.4 Å². The lowest BCUT2D eigenvalue weighted by molar-refractivity contribution is -0.143. The molecule has 0 radical (unpaired) electrons. The number of hydrogen-bond acceptors (Lipinski definition) is 4. The van der Waals surface area contributed by atoms with Gasteiger partial charge < -0.3 is 9.64 Å². The molecule has 0 saturated carbocycles. The first kappa shape index (κ1) is 20.2. The first-order valence-corrected chi connectivity index (χ1v) is 10.1. The van der Waals surface area contributed by atoms with Crippen LogP contribution in [0.25, 0.3) is 0 Å². The zero-order valence-electron chi connectivity index (χ0n) is 15.0. The van der Waals surface area contributed by atoms with Crippen LogP contribution < -0.4 is 0 Å². The van der Waals surface area contributed by atoms with Gasteiger partial charge in [0.1, 0.15) is 0 Å². The standard InChI is InChI=1S/C19H27IN2O3/c1-3-21-12-5-6-17(21)14-22(13-11-18(23)25-4-2)19(24)15-7-9-16(20)10-8-15/h7-10,17H,3-6,11-14H2,1-2H3. The second-order valence-corrected chi connectivity index (χ2v) is 7.48. The number of likely N-dealkylation sites (N-methyl/N-ethyl adjacent to an activating group) is 1. The minimum atomic E-state index is -0.248. The molecule has 0 aliphatic carbocycles. The number of ether oxygens (including phenoxy) is 1. The largest absolute Gasteiger partial charge is 0.466 e. The van der Waals surface area contributed by atoms with Gasteiger partial charge in [-0.3, -0.25) is 14.5 Å². The Hall–Kier alpha value is -1.15. The number of esters is 1. The molecule has 25 heavy (non-hydrogen) atoms. The van der Waals surface area contributed by atoms with Gasteiger partial charge in [0, 0.05) is 28.3 Å². The summed E-state index contributed by atoms with van der Waals surface area (Å²) in [6.07, 6.45) is 2.51. The normalized spacial score (nSPS) is 17.5. The second-order valence-electron chi connectivity index (χ2n) is 6.24. The van der Waals surface area contributed by atoms with E-state index in [0.29, 0.717) is 31.3 Å². The predicted molar refractivity (Wildman–Crippen MR) is 107 cm³/mol. The third-order valence-corrected chi connectivity index (χ3v) is 5.33. The van der Waals surface area contributed by atoms with E-state index in [1.54, 1.807) is 6.92 Å². The van der Waals surface area contributed by atoms with Crippen LogP contribution in [0.2, 0.25) is 0 Å². The fourth-order valence-electron chi connectivity index (χ4n) is 3.28. The van der Waals surface area contributed by atoms with Crippen molar-refractivity contribution in [2.24, 2.45) is 0 Å². The molecule has 2 rings (SSSR count). The van der Waals surface area contributed by atoms with Gasteiger partial charge >= 0.3 is 5.97 Å². The van der Waals surface area contributed by atoms with Crippen molar-refractivity contribution in [2.45, 2.75) is 39.2 Å². The number of hydrogen-bond donors (Lipinski definition) is 0. The Labute approximate surface area is 163 Å². The number of carbonyl (C=O) groups excluding carboxylic acids is 2. The third-order valence-electron chi connectivity index (χ3n) is 4.61. The first-order chi connectivity index (χ1) is 12.0. The smallest absolute Gasteiger partial charge is 0.307 e. The highest BCUT2D eigenvalue weighted by Gasteiger charge is 2.27. The summed E-state index contributed by atoms with van der Waals surface area (Å²) in [7, 11) is 0. The number of halogens is 1. The molecule has 0 bridgehead atoms. The van der Waals surface area contributed by atoms with E-state index < -0.39 is 0 Å². The molecule has 1 fully saturated rings. The van der Waals surface area contributed by atoms with Gasteiger partial charge in [0.2, 0.25) is 0 Å². The Balaban J connectivity index is 2.08. The Bertz CT molecular complexity index is 577. The average Bonchev–Trinajstić information content (AvgIpc) is 3.06. The van der Waals surface area contributed by atoms with Crippen LogP contribution in [-0.2, 0) is 9.53 Å². The first-order valence-electron chi connectivity index (χ1n) is 8.99. The minimum absolute atomic E-state index is 0.0105. The Kier molecular flexibility index (Phi) is 8.15. The van der Waals surface area contributed by atoms with Crippen LogP contribution in [0, 0.1) is 3.57 Å². The van der Waals surface area contributed by atoms with E-state index in [1.165, 1.54) is 6.42 Å². The van der Waals surface area contributed by atoms with Gasteiger partial charge in [-0.1, -0.05) is 6.92 Å². The van der Waals surface area contributed by atoms with Crippen molar-refractivity contribution in [2.75, 3.05) is 32.8 Å². The summed E-state index contributed by atoms with van der Waals surface area (Å²) >= 11 is 2.23. The quantitative estimate of drug-likeness (QED) is 0.444. The molecule has 1 saturated heterocycles. The molecule has 1 unspecified atom stereocenters. The van der Waals surface area contributed by atoms with Gasteiger partial charge in [-0.2, -0.15) is 0 Å². The maximum Gasteiger partial charge on any atom is 0.307 e. The lowest BCUT2D eigenvalue weighted by atomic mass is 10.1.